The van der Waals surface area contributed by atoms with Crippen LogP contribution >= 0.6 is 0 Å². The molecule has 2 aromatic rings. The van der Waals surface area contributed by atoms with E-state index in [0.717, 1.165) is 30.6 Å². The van der Waals surface area contributed by atoms with Gasteiger partial charge in [0, 0.05) is 24.3 Å². The van der Waals surface area contributed by atoms with Crippen LogP contribution in [0.4, 0.5) is 0 Å². The Morgan fingerprint density at radius 2 is 2.24 bits per heavy atom. The van der Waals surface area contributed by atoms with Gasteiger partial charge in [0.2, 0.25) is 0 Å². The fourth-order valence-corrected chi connectivity index (χ4v) is 2.25. The average Bonchev–Trinajstić information content (AvgIpc) is 2.40. The highest BCUT2D eigenvalue weighted by Gasteiger charge is 2.14. The SMILES string of the molecule is c1cc2cc(O[C@@H]3CCCNC3)ccc2cn1. The maximum Gasteiger partial charge on any atom is 0.120 e. The summed E-state index contributed by atoms with van der Waals surface area (Å²) < 4.78 is 5.98. The highest BCUT2D eigenvalue weighted by molar-refractivity contribution is 5.82. The van der Waals surface area contributed by atoms with E-state index in [2.05, 4.69) is 22.4 Å². The lowest BCUT2D eigenvalue weighted by molar-refractivity contribution is 0.167. The van der Waals surface area contributed by atoms with Crippen LogP contribution in [0.5, 0.6) is 5.75 Å². The lowest BCUT2D eigenvalue weighted by Crippen LogP contribution is -2.37. The third-order valence-corrected chi connectivity index (χ3v) is 3.17. The Morgan fingerprint density at radius 1 is 1.24 bits per heavy atom. The summed E-state index contributed by atoms with van der Waals surface area (Å²) in [6, 6.07) is 8.19. The van der Waals surface area contributed by atoms with Gasteiger partial charge in [-0.05, 0) is 49.0 Å². The second-order valence-corrected chi connectivity index (χ2v) is 4.47. The molecule has 1 saturated heterocycles. The van der Waals surface area contributed by atoms with E-state index in [4.69, 9.17) is 4.74 Å². The molecule has 2 heterocycles. The predicted molar refractivity (Wildman–Crippen MR) is 68.3 cm³/mol. The van der Waals surface area contributed by atoms with Gasteiger partial charge >= 0.3 is 0 Å². The van der Waals surface area contributed by atoms with Crippen LogP contribution in [0.3, 0.4) is 0 Å². The van der Waals surface area contributed by atoms with E-state index in [-0.39, 0.29) is 0 Å². The molecule has 0 spiro atoms. The van der Waals surface area contributed by atoms with Crippen LogP contribution in [0, 0.1) is 0 Å². The van der Waals surface area contributed by atoms with E-state index < -0.39 is 0 Å². The molecule has 1 fully saturated rings. The second-order valence-electron chi connectivity index (χ2n) is 4.47. The third-order valence-electron chi connectivity index (χ3n) is 3.17. The van der Waals surface area contributed by atoms with Crippen LogP contribution in [0.2, 0.25) is 0 Å². The Bertz CT molecular complexity index is 506. The van der Waals surface area contributed by atoms with Crippen LogP contribution in [-0.2, 0) is 0 Å². The largest absolute Gasteiger partial charge is 0.489 e. The van der Waals surface area contributed by atoms with Crippen LogP contribution in [-0.4, -0.2) is 24.2 Å². The number of hydrogen-bond acceptors (Lipinski definition) is 3. The van der Waals surface area contributed by atoms with Gasteiger partial charge in [0.1, 0.15) is 11.9 Å². The Labute approximate surface area is 101 Å². The van der Waals surface area contributed by atoms with Gasteiger partial charge in [-0.15, -0.1) is 0 Å². The molecule has 0 aliphatic carbocycles. The molecule has 3 heteroatoms. The van der Waals surface area contributed by atoms with Crippen molar-refractivity contribution in [1.82, 2.24) is 10.3 Å². The number of aromatic nitrogens is 1. The van der Waals surface area contributed by atoms with Crippen LogP contribution in [0.15, 0.2) is 36.7 Å². The molecule has 1 aliphatic heterocycles. The molecule has 17 heavy (non-hydrogen) atoms. The first-order chi connectivity index (χ1) is 8.42. The number of fused-ring (bicyclic) bond motifs is 1. The number of hydrogen-bond donors (Lipinski definition) is 1. The van der Waals surface area contributed by atoms with E-state index in [9.17, 15) is 0 Å². The summed E-state index contributed by atoms with van der Waals surface area (Å²) in [7, 11) is 0. The molecule has 1 aliphatic rings. The number of ether oxygens (including phenoxy) is 1. The highest BCUT2D eigenvalue weighted by atomic mass is 16.5. The number of rotatable bonds is 2. The number of nitrogens with one attached hydrogen (secondary N) is 1. The first-order valence-corrected chi connectivity index (χ1v) is 6.13. The Hall–Kier alpha value is -1.61. The number of pyridine rings is 1. The van der Waals surface area contributed by atoms with Crippen LogP contribution in [0.25, 0.3) is 10.8 Å². The molecule has 1 atom stereocenters. The number of nitrogens with zero attached hydrogens (tertiary/aromatic N) is 1. The second kappa shape index (κ2) is 4.72. The Balaban J connectivity index is 1.80. The van der Waals surface area contributed by atoms with Crippen molar-refractivity contribution in [2.75, 3.05) is 13.1 Å². The van der Waals surface area contributed by atoms with Crippen molar-refractivity contribution >= 4 is 10.8 Å². The van der Waals surface area contributed by atoms with Crippen molar-refractivity contribution < 1.29 is 4.74 Å². The first kappa shape index (κ1) is 10.5. The summed E-state index contributed by atoms with van der Waals surface area (Å²) in [6.07, 6.45) is 6.34. The normalized spacial score (nSPS) is 20.4. The van der Waals surface area contributed by atoms with Gasteiger partial charge < -0.3 is 10.1 Å². The molecule has 0 radical (unpaired) electrons. The van der Waals surface area contributed by atoms with Gasteiger partial charge in [0.05, 0.1) is 0 Å². The zero-order chi connectivity index (χ0) is 11.5. The maximum absolute atomic E-state index is 5.98. The summed E-state index contributed by atoms with van der Waals surface area (Å²) in [5, 5.41) is 5.69. The van der Waals surface area contributed by atoms with Gasteiger partial charge in [-0.3, -0.25) is 4.98 Å². The van der Waals surface area contributed by atoms with E-state index in [1.807, 2.05) is 24.5 Å². The molecular formula is C14H16N2O. The average molecular weight is 228 g/mol. The van der Waals surface area contributed by atoms with Crippen LogP contribution < -0.4 is 10.1 Å². The highest BCUT2D eigenvalue weighted by Crippen LogP contribution is 2.21. The molecule has 1 aromatic heterocycles. The minimum absolute atomic E-state index is 0.308. The van der Waals surface area contributed by atoms with Crippen molar-refractivity contribution in [3.63, 3.8) is 0 Å². The molecule has 0 unspecified atom stereocenters. The van der Waals surface area contributed by atoms with Crippen molar-refractivity contribution in [3.8, 4) is 5.75 Å². The zero-order valence-electron chi connectivity index (χ0n) is 9.73. The summed E-state index contributed by atoms with van der Waals surface area (Å²) in [5.74, 6) is 0.956. The first-order valence-electron chi connectivity index (χ1n) is 6.13. The quantitative estimate of drug-likeness (QED) is 0.856. The predicted octanol–water partition coefficient (Wildman–Crippen LogP) is 2.37. The van der Waals surface area contributed by atoms with E-state index >= 15 is 0 Å². The molecule has 3 nitrogen and oxygen atoms in total. The van der Waals surface area contributed by atoms with E-state index in [1.54, 1.807) is 0 Å². The molecule has 1 aromatic carbocycles. The molecule has 1 N–H and O–H groups in total. The summed E-state index contributed by atoms with van der Waals surface area (Å²) >= 11 is 0. The van der Waals surface area contributed by atoms with Gasteiger partial charge in [0.15, 0.2) is 0 Å². The summed E-state index contributed by atoms with van der Waals surface area (Å²) in [5.41, 5.74) is 0. The summed E-state index contributed by atoms with van der Waals surface area (Å²) in [4.78, 5) is 4.11. The van der Waals surface area contributed by atoms with Crippen molar-refractivity contribution in [2.45, 2.75) is 18.9 Å². The minimum atomic E-state index is 0.308. The topological polar surface area (TPSA) is 34.1 Å². The lowest BCUT2D eigenvalue weighted by Gasteiger charge is -2.24. The fraction of sp³-hybridized carbons (Fsp3) is 0.357. The smallest absolute Gasteiger partial charge is 0.120 e. The number of piperidine rings is 1. The van der Waals surface area contributed by atoms with Crippen molar-refractivity contribution in [1.29, 1.82) is 0 Å². The standard InChI is InChI=1S/C14H16N2O/c1-2-14(10-15-6-1)17-13-4-3-12-9-16-7-5-11(12)8-13/h3-5,7-9,14-15H,1-2,6,10H2/t14-/m1/s1. The van der Waals surface area contributed by atoms with Gasteiger partial charge in [-0.2, -0.15) is 0 Å². The minimum Gasteiger partial charge on any atom is -0.489 e. The van der Waals surface area contributed by atoms with Crippen molar-refractivity contribution in [3.05, 3.63) is 36.7 Å². The molecule has 0 saturated carbocycles. The van der Waals surface area contributed by atoms with E-state index in [0.29, 0.717) is 6.10 Å². The van der Waals surface area contributed by atoms with Gasteiger partial charge in [0.25, 0.3) is 0 Å². The van der Waals surface area contributed by atoms with Crippen LogP contribution in [0.1, 0.15) is 12.8 Å². The van der Waals surface area contributed by atoms with Crippen molar-refractivity contribution in [2.24, 2.45) is 0 Å². The Morgan fingerprint density at radius 3 is 3.12 bits per heavy atom. The molecular weight excluding hydrogens is 212 g/mol. The van der Waals surface area contributed by atoms with Gasteiger partial charge in [-0.25, -0.2) is 0 Å². The maximum atomic E-state index is 5.98. The molecule has 3 rings (SSSR count). The zero-order valence-corrected chi connectivity index (χ0v) is 9.73. The van der Waals surface area contributed by atoms with Gasteiger partial charge in [-0.1, -0.05) is 0 Å². The van der Waals surface area contributed by atoms with E-state index in [1.165, 1.54) is 11.8 Å². The summed E-state index contributed by atoms with van der Waals surface area (Å²) in [6.45, 7) is 2.07. The molecule has 0 bridgehead atoms. The Kier molecular flexibility index (Phi) is 2.92. The number of benzene rings is 1. The lowest BCUT2D eigenvalue weighted by atomic mass is 10.1. The monoisotopic (exact) mass is 228 g/mol. The third kappa shape index (κ3) is 2.39. The molecule has 88 valence electrons. The fourth-order valence-electron chi connectivity index (χ4n) is 2.25. The molecule has 0 amide bonds.